The molecule has 2 atom stereocenters. The van der Waals surface area contributed by atoms with E-state index in [9.17, 15) is 15.0 Å². The van der Waals surface area contributed by atoms with Crippen LogP contribution in [0.4, 0.5) is 0 Å². The zero-order chi connectivity index (χ0) is 16.6. The van der Waals surface area contributed by atoms with E-state index in [1.165, 1.54) is 18.7 Å². The molecule has 8 heteroatoms. The Kier molecular flexibility index (Phi) is 4.38. The zero-order valence-corrected chi connectivity index (χ0v) is 13.7. The molecule has 3 aromatic rings. The number of hydrogen-bond acceptors (Lipinski definition) is 6. The smallest absolute Gasteiger partial charge is 0.262 e. The summed E-state index contributed by atoms with van der Waals surface area (Å²) in [7, 11) is 0. The molecular formula is C15H18N4O3S. The lowest BCUT2D eigenvalue weighted by Gasteiger charge is -2.13. The van der Waals surface area contributed by atoms with E-state index in [2.05, 4.69) is 10.2 Å². The Morgan fingerprint density at radius 3 is 2.70 bits per heavy atom. The third kappa shape index (κ3) is 2.73. The molecule has 2 aromatic heterocycles. The van der Waals surface area contributed by atoms with Crippen LogP contribution in [0.5, 0.6) is 0 Å². The molecule has 0 aliphatic heterocycles. The van der Waals surface area contributed by atoms with Gasteiger partial charge in [-0.05, 0) is 26.0 Å². The van der Waals surface area contributed by atoms with Gasteiger partial charge in [0.1, 0.15) is 0 Å². The van der Waals surface area contributed by atoms with Crippen molar-refractivity contribution in [3.05, 3.63) is 34.6 Å². The lowest BCUT2D eigenvalue weighted by atomic mass is 10.2. The SMILES string of the molecule is CCn1c(=O)c2ccccc2n2c(SCC(O)C(C)O)nnc12. The second-order valence-electron chi connectivity index (χ2n) is 5.30. The highest BCUT2D eigenvalue weighted by Crippen LogP contribution is 2.22. The summed E-state index contributed by atoms with van der Waals surface area (Å²) < 4.78 is 3.39. The summed E-state index contributed by atoms with van der Waals surface area (Å²) in [5.41, 5.74) is 0.639. The quantitative estimate of drug-likeness (QED) is 0.674. The molecule has 0 bridgehead atoms. The minimum Gasteiger partial charge on any atom is -0.391 e. The van der Waals surface area contributed by atoms with Gasteiger partial charge in [0.05, 0.1) is 23.1 Å². The van der Waals surface area contributed by atoms with Crippen LogP contribution < -0.4 is 5.56 Å². The van der Waals surface area contributed by atoms with Gasteiger partial charge in [-0.1, -0.05) is 23.9 Å². The number of para-hydroxylation sites is 1. The molecule has 0 amide bonds. The number of rotatable bonds is 5. The molecule has 0 radical (unpaired) electrons. The van der Waals surface area contributed by atoms with E-state index in [-0.39, 0.29) is 11.3 Å². The zero-order valence-electron chi connectivity index (χ0n) is 12.9. The largest absolute Gasteiger partial charge is 0.391 e. The number of aliphatic hydroxyl groups excluding tert-OH is 2. The maximum atomic E-state index is 12.5. The van der Waals surface area contributed by atoms with E-state index in [0.717, 1.165) is 5.52 Å². The molecule has 0 saturated carbocycles. The monoisotopic (exact) mass is 334 g/mol. The van der Waals surface area contributed by atoms with Gasteiger partial charge in [0.25, 0.3) is 5.56 Å². The van der Waals surface area contributed by atoms with E-state index in [0.29, 0.717) is 22.9 Å². The molecule has 0 aliphatic carbocycles. The van der Waals surface area contributed by atoms with Gasteiger partial charge < -0.3 is 10.2 Å². The third-order valence-electron chi connectivity index (χ3n) is 3.73. The average molecular weight is 334 g/mol. The van der Waals surface area contributed by atoms with Gasteiger partial charge in [-0.3, -0.25) is 13.8 Å². The summed E-state index contributed by atoms with van der Waals surface area (Å²) in [6.07, 6.45) is -1.66. The van der Waals surface area contributed by atoms with E-state index < -0.39 is 12.2 Å². The first-order chi connectivity index (χ1) is 11.0. The van der Waals surface area contributed by atoms with Gasteiger partial charge in [0, 0.05) is 12.3 Å². The van der Waals surface area contributed by atoms with Crippen LogP contribution in [0, 0.1) is 0 Å². The Hall–Kier alpha value is -1.90. The first-order valence-corrected chi connectivity index (χ1v) is 8.38. The first kappa shape index (κ1) is 16.0. The van der Waals surface area contributed by atoms with E-state index in [1.807, 2.05) is 29.5 Å². The number of thioether (sulfide) groups is 1. The Morgan fingerprint density at radius 2 is 2.00 bits per heavy atom. The van der Waals surface area contributed by atoms with Crippen LogP contribution in [0.1, 0.15) is 13.8 Å². The summed E-state index contributed by atoms with van der Waals surface area (Å²) >= 11 is 1.30. The Bertz CT molecular complexity index is 903. The van der Waals surface area contributed by atoms with Crippen molar-refractivity contribution in [2.45, 2.75) is 37.8 Å². The fourth-order valence-electron chi connectivity index (χ4n) is 2.41. The Balaban J connectivity index is 2.18. The second kappa shape index (κ2) is 6.31. The second-order valence-corrected chi connectivity index (χ2v) is 6.29. The predicted octanol–water partition coefficient (Wildman–Crippen LogP) is 0.898. The number of nitrogens with zero attached hydrogens (tertiary/aromatic N) is 4. The van der Waals surface area contributed by atoms with E-state index in [4.69, 9.17) is 0 Å². The number of hydrogen-bond donors (Lipinski definition) is 2. The highest BCUT2D eigenvalue weighted by molar-refractivity contribution is 7.99. The molecular weight excluding hydrogens is 316 g/mol. The normalized spacial score (nSPS) is 14.4. The van der Waals surface area contributed by atoms with Gasteiger partial charge in [-0.25, -0.2) is 0 Å². The standard InChI is InChI=1S/C15H18N4O3S/c1-3-18-13(22)10-6-4-5-7-11(10)19-14(18)16-17-15(19)23-8-12(21)9(2)20/h4-7,9,12,20-21H,3,8H2,1-2H3. The van der Waals surface area contributed by atoms with Crippen LogP contribution in [0.3, 0.4) is 0 Å². The number of aliphatic hydroxyl groups is 2. The molecule has 0 fully saturated rings. The molecule has 23 heavy (non-hydrogen) atoms. The molecule has 122 valence electrons. The molecule has 0 saturated heterocycles. The molecule has 3 rings (SSSR count). The fraction of sp³-hybridized carbons (Fsp3) is 0.400. The topological polar surface area (TPSA) is 92.7 Å². The van der Waals surface area contributed by atoms with Gasteiger partial charge >= 0.3 is 0 Å². The lowest BCUT2D eigenvalue weighted by molar-refractivity contribution is 0.0469. The Morgan fingerprint density at radius 1 is 1.26 bits per heavy atom. The van der Waals surface area contributed by atoms with Crippen molar-refractivity contribution < 1.29 is 10.2 Å². The molecule has 2 heterocycles. The summed E-state index contributed by atoms with van der Waals surface area (Å²) in [5, 5.41) is 28.6. The van der Waals surface area contributed by atoms with Gasteiger partial charge in [0.15, 0.2) is 5.16 Å². The molecule has 2 unspecified atom stereocenters. The van der Waals surface area contributed by atoms with Crippen molar-refractivity contribution in [1.82, 2.24) is 19.2 Å². The van der Waals surface area contributed by atoms with E-state index >= 15 is 0 Å². The molecule has 0 spiro atoms. The van der Waals surface area contributed by atoms with Crippen molar-refractivity contribution in [2.24, 2.45) is 0 Å². The molecule has 2 N–H and O–H groups in total. The molecule has 7 nitrogen and oxygen atoms in total. The van der Waals surface area contributed by atoms with Gasteiger partial charge in [-0.2, -0.15) is 0 Å². The Labute approximate surface area is 136 Å². The highest BCUT2D eigenvalue weighted by atomic mass is 32.2. The minimum atomic E-state index is -0.851. The minimum absolute atomic E-state index is 0.0939. The van der Waals surface area contributed by atoms with Crippen molar-refractivity contribution >= 4 is 28.4 Å². The van der Waals surface area contributed by atoms with E-state index in [1.54, 1.807) is 10.6 Å². The molecule has 1 aromatic carbocycles. The van der Waals surface area contributed by atoms with Crippen molar-refractivity contribution in [3.63, 3.8) is 0 Å². The van der Waals surface area contributed by atoms with Crippen molar-refractivity contribution in [2.75, 3.05) is 5.75 Å². The number of benzene rings is 1. The van der Waals surface area contributed by atoms with Crippen LogP contribution >= 0.6 is 11.8 Å². The first-order valence-electron chi connectivity index (χ1n) is 7.40. The van der Waals surface area contributed by atoms with Crippen LogP contribution in [0.2, 0.25) is 0 Å². The van der Waals surface area contributed by atoms with Gasteiger partial charge in [-0.15, -0.1) is 10.2 Å². The third-order valence-corrected chi connectivity index (χ3v) is 4.77. The van der Waals surface area contributed by atoms with Gasteiger partial charge in [0.2, 0.25) is 5.78 Å². The summed E-state index contributed by atoms with van der Waals surface area (Å²) in [4.78, 5) is 12.5. The van der Waals surface area contributed by atoms with Crippen molar-refractivity contribution in [1.29, 1.82) is 0 Å². The van der Waals surface area contributed by atoms with Crippen LogP contribution in [-0.4, -0.2) is 47.3 Å². The maximum absolute atomic E-state index is 12.5. The number of aryl methyl sites for hydroxylation is 1. The lowest BCUT2D eigenvalue weighted by Crippen LogP contribution is -2.25. The number of fused-ring (bicyclic) bond motifs is 3. The molecule has 0 aliphatic rings. The number of aromatic nitrogens is 4. The highest BCUT2D eigenvalue weighted by Gasteiger charge is 2.18. The van der Waals surface area contributed by atoms with Crippen LogP contribution in [0.25, 0.3) is 16.7 Å². The van der Waals surface area contributed by atoms with Crippen molar-refractivity contribution in [3.8, 4) is 0 Å². The summed E-state index contributed by atoms with van der Waals surface area (Å²) in [6, 6.07) is 7.31. The van der Waals surface area contributed by atoms with Crippen LogP contribution in [0.15, 0.2) is 34.2 Å². The summed E-state index contributed by atoms with van der Waals surface area (Å²) in [6.45, 7) is 3.92. The maximum Gasteiger partial charge on any atom is 0.262 e. The predicted molar refractivity (Wildman–Crippen MR) is 88.8 cm³/mol. The summed E-state index contributed by atoms with van der Waals surface area (Å²) in [5.74, 6) is 0.767. The van der Waals surface area contributed by atoms with Crippen LogP contribution in [-0.2, 0) is 6.54 Å². The fourth-order valence-corrected chi connectivity index (χ4v) is 3.42. The average Bonchev–Trinajstić information content (AvgIpc) is 2.97.